The van der Waals surface area contributed by atoms with Crippen molar-refractivity contribution in [2.45, 2.75) is 81.5 Å². The maximum atomic E-state index is 12.9. The standard InChI is InChI=1S/C30H38ClN5O3S/c1-20(2)40(37,38)28-14-8-7-13-25(28)33-29-24(31)18-32-30(35-29)34-26-16-22-19-36(23-11-5-4-6-12-23)15-9-10-21(22)17-27(26)39-3/h7-8,13-14,16-18,20,23H,4-6,9-12,15,19H2,1-3H3,(H2,32,33,34,35). The predicted molar refractivity (Wildman–Crippen MR) is 161 cm³/mol. The first-order valence-corrected chi connectivity index (χ1v) is 16.0. The van der Waals surface area contributed by atoms with Crippen LogP contribution in [0.2, 0.25) is 5.02 Å². The minimum absolute atomic E-state index is 0.198. The van der Waals surface area contributed by atoms with Crippen molar-refractivity contribution in [1.82, 2.24) is 14.9 Å². The Balaban J connectivity index is 1.42. The molecule has 3 aromatic rings. The molecule has 214 valence electrons. The number of anilines is 4. The summed E-state index contributed by atoms with van der Waals surface area (Å²) in [5, 5.41) is 6.15. The number of hydrogen-bond acceptors (Lipinski definition) is 8. The average molecular weight is 584 g/mol. The smallest absolute Gasteiger partial charge is 0.229 e. The minimum Gasteiger partial charge on any atom is -0.495 e. The van der Waals surface area contributed by atoms with Crippen LogP contribution < -0.4 is 15.4 Å². The van der Waals surface area contributed by atoms with E-state index >= 15 is 0 Å². The van der Waals surface area contributed by atoms with E-state index in [1.807, 2.05) is 0 Å². The molecule has 1 aliphatic carbocycles. The van der Waals surface area contributed by atoms with Crippen LogP contribution in [0.3, 0.4) is 0 Å². The van der Waals surface area contributed by atoms with Gasteiger partial charge in [-0.1, -0.05) is 43.0 Å². The first kappa shape index (κ1) is 28.6. The quantitative estimate of drug-likeness (QED) is 0.296. The normalized spacial score (nSPS) is 16.8. The SMILES string of the molecule is COc1cc2c(cc1Nc1ncc(Cl)c(Nc3ccccc3S(=O)(=O)C(C)C)n1)CN(C1CCCCC1)CCC2. The Morgan fingerprint density at radius 3 is 2.55 bits per heavy atom. The Kier molecular flexibility index (Phi) is 8.83. The zero-order valence-corrected chi connectivity index (χ0v) is 25.0. The molecule has 2 heterocycles. The van der Waals surface area contributed by atoms with Crippen molar-refractivity contribution in [3.8, 4) is 5.75 Å². The second-order valence-corrected chi connectivity index (χ2v) is 13.8. The van der Waals surface area contributed by atoms with E-state index in [2.05, 4.69) is 37.6 Å². The maximum Gasteiger partial charge on any atom is 0.229 e. The van der Waals surface area contributed by atoms with Crippen LogP contribution in [-0.4, -0.2) is 48.2 Å². The van der Waals surface area contributed by atoms with Crippen molar-refractivity contribution >= 4 is 44.6 Å². The summed E-state index contributed by atoms with van der Waals surface area (Å²) in [5.41, 5.74) is 3.81. The lowest BCUT2D eigenvalue weighted by Crippen LogP contribution is -2.36. The molecule has 40 heavy (non-hydrogen) atoms. The average Bonchev–Trinajstić information content (AvgIpc) is 3.17. The van der Waals surface area contributed by atoms with Crippen molar-refractivity contribution in [2.75, 3.05) is 24.3 Å². The molecular formula is C30H38ClN5O3S. The summed E-state index contributed by atoms with van der Waals surface area (Å²) in [4.78, 5) is 11.8. The molecule has 5 rings (SSSR count). The highest BCUT2D eigenvalue weighted by Gasteiger charge is 2.26. The van der Waals surface area contributed by atoms with Gasteiger partial charge in [-0.15, -0.1) is 0 Å². The van der Waals surface area contributed by atoms with Gasteiger partial charge in [0.1, 0.15) is 10.8 Å². The Labute approximate surface area is 242 Å². The number of aromatic nitrogens is 2. The van der Waals surface area contributed by atoms with Crippen LogP contribution in [0.1, 0.15) is 63.5 Å². The third-order valence-corrected chi connectivity index (χ3v) is 10.4. The number of ether oxygens (including phenoxy) is 1. The monoisotopic (exact) mass is 583 g/mol. The van der Waals surface area contributed by atoms with E-state index in [1.54, 1.807) is 45.2 Å². The Morgan fingerprint density at radius 1 is 1.02 bits per heavy atom. The molecule has 0 unspecified atom stereocenters. The van der Waals surface area contributed by atoms with Gasteiger partial charge in [-0.2, -0.15) is 4.98 Å². The van der Waals surface area contributed by atoms with Crippen LogP contribution in [0.5, 0.6) is 5.75 Å². The molecule has 0 radical (unpaired) electrons. The van der Waals surface area contributed by atoms with Crippen LogP contribution >= 0.6 is 11.6 Å². The lowest BCUT2D eigenvalue weighted by Gasteiger charge is -2.33. The van der Waals surface area contributed by atoms with Crippen LogP contribution in [0.25, 0.3) is 0 Å². The third kappa shape index (κ3) is 6.21. The lowest BCUT2D eigenvalue weighted by atomic mass is 9.94. The minimum atomic E-state index is -3.52. The lowest BCUT2D eigenvalue weighted by molar-refractivity contribution is 0.150. The highest BCUT2D eigenvalue weighted by atomic mass is 35.5. The third-order valence-electron chi connectivity index (χ3n) is 7.94. The van der Waals surface area contributed by atoms with Gasteiger partial charge in [0.25, 0.3) is 0 Å². The molecule has 0 atom stereocenters. The van der Waals surface area contributed by atoms with Gasteiger partial charge in [0, 0.05) is 12.6 Å². The summed E-state index contributed by atoms with van der Waals surface area (Å²) in [7, 11) is -1.85. The first-order valence-electron chi connectivity index (χ1n) is 14.1. The van der Waals surface area contributed by atoms with Crippen LogP contribution in [0.4, 0.5) is 23.1 Å². The largest absolute Gasteiger partial charge is 0.495 e. The Hall–Kier alpha value is -2.88. The summed E-state index contributed by atoms with van der Waals surface area (Å²) in [6.07, 6.45) is 10.2. The molecule has 1 fully saturated rings. The molecule has 0 bridgehead atoms. The van der Waals surface area contributed by atoms with E-state index in [0.717, 1.165) is 37.4 Å². The molecule has 0 amide bonds. The van der Waals surface area contributed by atoms with Gasteiger partial charge in [-0.3, -0.25) is 4.90 Å². The van der Waals surface area contributed by atoms with Gasteiger partial charge in [-0.05, 0) is 81.5 Å². The predicted octanol–water partition coefficient (Wildman–Crippen LogP) is 6.89. The molecule has 0 spiro atoms. The molecule has 10 heteroatoms. The highest BCUT2D eigenvalue weighted by Crippen LogP contribution is 2.36. The van der Waals surface area contributed by atoms with E-state index in [0.29, 0.717) is 23.5 Å². The Bertz CT molecular complexity index is 1460. The van der Waals surface area contributed by atoms with E-state index in [-0.39, 0.29) is 9.92 Å². The Morgan fingerprint density at radius 2 is 1.80 bits per heavy atom. The summed E-state index contributed by atoms with van der Waals surface area (Å²) in [6.45, 7) is 5.37. The van der Waals surface area contributed by atoms with E-state index < -0.39 is 15.1 Å². The number of methoxy groups -OCH3 is 1. The number of sulfone groups is 1. The molecule has 8 nitrogen and oxygen atoms in total. The zero-order chi connectivity index (χ0) is 28.3. The van der Waals surface area contributed by atoms with Crippen LogP contribution in [0.15, 0.2) is 47.5 Å². The summed E-state index contributed by atoms with van der Waals surface area (Å²) in [6, 6.07) is 11.7. The van der Waals surface area contributed by atoms with Crippen molar-refractivity contribution in [3.63, 3.8) is 0 Å². The second kappa shape index (κ2) is 12.3. The highest BCUT2D eigenvalue weighted by molar-refractivity contribution is 7.92. The maximum absolute atomic E-state index is 12.9. The molecule has 1 saturated carbocycles. The molecule has 2 aliphatic rings. The van der Waals surface area contributed by atoms with Crippen LogP contribution in [0, 0.1) is 0 Å². The fourth-order valence-corrected chi connectivity index (χ4v) is 7.02. The number of nitrogens with zero attached hydrogens (tertiary/aromatic N) is 3. The molecule has 1 aromatic heterocycles. The van der Waals surface area contributed by atoms with Crippen molar-refractivity contribution < 1.29 is 13.2 Å². The first-order chi connectivity index (χ1) is 19.3. The summed E-state index contributed by atoms with van der Waals surface area (Å²) >= 11 is 6.44. The molecule has 1 aliphatic heterocycles. The van der Waals surface area contributed by atoms with Gasteiger partial charge >= 0.3 is 0 Å². The van der Waals surface area contributed by atoms with Crippen molar-refractivity contribution in [1.29, 1.82) is 0 Å². The number of nitrogens with one attached hydrogen (secondary N) is 2. The van der Waals surface area contributed by atoms with Crippen molar-refractivity contribution in [2.24, 2.45) is 0 Å². The number of halogens is 1. The fourth-order valence-electron chi connectivity index (χ4n) is 5.68. The number of hydrogen-bond donors (Lipinski definition) is 2. The summed E-state index contributed by atoms with van der Waals surface area (Å²) in [5.74, 6) is 1.36. The second-order valence-electron chi connectivity index (χ2n) is 10.9. The van der Waals surface area contributed by atoms with Crippen molar-refractivity contribution in [3.05, 3.63) is 58.7 Å². The van der Waals surface area contributed by atoms with Gasteiger partial charge in [0.15, 0.2) is 15.7 Å². The van der Waals surface area contributed by atoms with Gasteiger partial charge < -0.3 is 15.4 Å². The van der Waals surface area contributed by atoms with E-state index in [1.165, 1.54) is 49.4 Å². The number of para-hydroxylation sites is 1. The summed E-state index contributed by atoms with van der Waals surface area (Å²) < 4.78 is 31.6. The number of fused-ring (bicyclic) bond motifs is 1. The number of benzene rings is 2. The number of rotatable bonds is 8. The fraction of sp³-hybridized carbons (Fsp3) is 0.467. The molecular weight excluding hydrogens is 546 g/mol. The topological polar surface area (TPSA) is 96.4 Å². The molecule has 2 N–H and O–H groups in total. The van der Waals surface area contributed by atoms with Gasteiger partial charge in [0.05, 0.1) is 34.8 Å². The van der Waals surface area contributed by atoms with Gasteiger partial charge in [0.2, 0.25) is 5.95 Å². The molecule has 2 aromatic carbocycles. The zero-order valence-electron chi connectivity index (χ0n) is 23.4. The molecule has 0 saturated heterocycles. The van der Waals surface area contributed by atoms with Gasteiger partial charge in [-0.25, -0.2) is 13.4 Å². The number of aryl methyl sites for hydroxylation is 1. The van der Waals surface area contributed by atoms with E-state index in [9.17, 15) is 8.42 Å². The van der Waals surface area contributed by atoms with Crippen LogP contribution in [-0.2, 0) is 22.8 Å². The van der Waals surface area contributed by atoms with E-state index in [4.69, 9.17) is 16.3 Å².